The van der Waals surface area contributed by atoms with Crippen LogP contribution in [0.1, 0.15) is 50.0 Å². The lowest BCUT2D eigenvalue weighted by Crippen LogP contribution is -2.29. The molecular formula is C22H29ClN2O6S. The first kappa shape index (κ1) is 23.2. The van der Waals surface area contributed by atoms with E-state index in [-0.39, 0.29) is 35.9 Å². The molecular weight excluding hydrogens is 456 g/mol. The van der Waals surface area contributed by atoms with E-state index in [1.54, 1.807) is 6.07 Å². The Morgan fingerprint density at radius 1 is 1.16 bits per heavy atom. The number of rotatable bonds is 11. The van der Waals surface area contributed by atoms with Gasteiger partial charge >= 0.3 is 6.03 Å². The van der Waals surface area contributed by atoms with Crippen LogP contribution in [0.3, 0.4) is 0 Å². The lowest BCUT2D eigenvalue weighted by molar-refractivity contribution is -0.118. The van der Waals surface area contributed by atoms with Crippen LogP contribution in [0.25, 0.3) is 0 Å². The molecule has 1 N–H and O–H groups in total. The first-order valence-electron chi connectivity index (χ1n) is 11.2. The molecule has 1 atom stereocenters. The Labute approximate surface area is 193 Å². The summed E-state index contributed by atoms with van der Waals surface area (Å²) in [7, 11) is -3.26. The van der Waals surface area contributed by atoms with Crippen molar-refractivity contribution in [3.8, 4) is 11.5 Å². The van der Waals surface area contributed by atoms with Crippen molar-refractivity contribution < 1.29 is 27.5 Å². The Hall–Kier alpha value is -2.00. The van der Waals surface area contributed by atoms with Crippen LogP contribution in [-0.4, -0.2) is 63.1 Å². The van der Waals surface area contributed by atoms with E-state index in [9.17, 15) is 18.0 Å². The highest BCUT2D eigenvalue weighted by molar-refractivity contribution is 7.91. The zero-order valence-electron chi connectivity index (χ0n) is 18.0. The van der Waals surface area contributed by atoms with Crippen LogP contribution in [-0.2, 0) is 14.6 Å². The topological polar surface area (TPSA) is 102 Å². The number of carbonyl (C=O) groups excluding carboxylic acids is 2. The summed E-state index contributed by atoms with van der Waals surface area (Å²) in [6, 6.07) is 3.24. The number of nitrogens with zero attached hydrogens (tertiary/aromatic N) is 1. The van der Waals surface area contributed by atoms with Crippen molar-refractivity contribution in [2.24, 2.45) is 5.92 Å². The van der Waals surface area contributed by atoms with E-state index < -0.39 is 9.84 Å². The number of sulfone groups is 1. The number of unbranched alkanes of at least 4 members (excludes halogenated alkanes) is 2. The predicted molar refractivity (Wildman–Crippen MR) is 120 cm³/mol. The number of amides is 3. The molecule has 1 saturated heterocycles. The summed E-state index contributed by atoms with van der Waals surface area (Å²) in [6.07, 6.45) is 4.83. The molecule has 1 aromatic carbocycles. The molecule has 4 rings (SSSR count). The minimum absolute atomic E-state index is 0.0656. The molecule has 1 aromatic rings. The molecule has 2 fully saturated rings. The zero-order valence-corrected chi connectivity index (χ0v) is 19.6. The first-order valence-corrected chi connectivity index (χ1v) is 13.4. The van der Waals surface area contributed by atoms with E-state index in [0.717, 1.165) is 18.4 Å². The van der Waals surface area contributed by atoms with Gasteiger partial charge in [-0.15, -0.1) is 0 Å². The van der Waals surface area contributed by atoms with E-state index >= 15 is 0 Å². The highest BCUT2D eigenvalue weighted by atomic mass is 35.5. The summed E-state index contributed by atoms with van der Waals surface area (Å²) in [5.41, 5.74) is 0.847. The number of hydrogen-bond acceptors (Lipinski definition) is 6. The Kier molecular flexibility index (Phi) is 7.14. The second kappa shape index (κ2) is 9.87. The second-order valence-corrected chi connectivity index (χ2v) is 11.5. The van der Waals surface area contributed by atoms with Crippen molar-refractivity contribution in [3.63, 3.8) is 0 Å². The summed E-state index contributed by atoms with van der Waals surface area (Å²) in [5, 5.41) is 2.72. The van der Waals surface area contributed by atoms with Gasteiger partial charge in [-0.3, -0.25) is 10.1 Å². The summed E-state index contributed by atoms with van der Waals surface area (Å²) in [6.45, 7) is 1.58. The molecule has 10 heteroatoms. The minimum Gasteiger partial charge on any atom is -0.489 e. The van der Waals surface area contributed by atoms with Gasteiger partial charge in [-0.1, -0.05) is 24.1 Å². The fourth-order valence-corrected chi connectivity index (χ4v) is 6.10. The monoisotopic (exact) mass is 484 g/mol. The molecule has 2 aliphatic heterocycles. The minimum atomic E-state index is -3.26. The van der Waals surface area contributed by atoms with Gasteiger partial charge in [0.1, 0.15) is 6.54 Å². The molecule has 0 spiro atoms. The molecule has 2 heterocycles. The Morgan fingerprint density at radius 3 is 2.69 bits per heavy atom. The summed E-state index contributed by atoms with van der Waals surface area (Å²) in [5.74, 6) is 1.41. The molecule has 0 radical (unpaired) electrons. The fourth-order valence-electron chi connectivity index (χ4n) is 4.13. The molecule has 176 valence electrons. The first-order chi connectivity index (χ1) is 15.3. The van der Waals surface area contributed by atoms with Crippen molar-refractivity contribution in [3.05, 3.63) is 22.7 Å². The standard InChI is InChI=1S/C22H29ClN2O6S/c23-18-7-6-17-16(8-10-30-20(17)21(18)31-13-15-4-5-15)14-32(28,29)11-3-1-2-9-25-12-19(26)24-22(25)27/h6-7,15-16H,1-5,8-14H2,(H,24,26,27)/t16-/m0/s1. The lowest BCUT2D eigenvalue weighted by Gasteiger charge is -2.28. The third-order valence-corrected chi connectivity index (χ3v) is 8.23. The van der Waals surface area contributed by atoms with E-state index in [4.69, 9.17) is 21.1 Å². The van der Waals surface area contributed by atoms with Crippen LogP contribution in [0.5, 0.6) is 11.5 Å². The summed E-state index contributed by atoms with van der Waals surface area (Å²) < 4.78 is 37.3. The smallest absolute Gasteiger partial charge is 0.324 e. The van der Waals surface area contributed by atoms with Gasteiger partial charge < -0.3 is 14.4 Å². The maximum Gasteiger partial charge on any atom is 0.324 e. The third kappa shape index (κ3) is 5.86. The van der Waals surface area contributed by atoms with Crippen LogP contribution in [0.4, 0.5) is 4.79 Å². The zero-order chi connectivity index (χ0) is 22.7. The number of urea groups is 1. The molecule has 1 saturated carbocycles. The molecule has 32 heavy (non-hydrogen) atoms. The number of carbonyl (C=O) groups is 2. The Bertz CT molecular complexity index is 979. The summed E-state index contributed by atoms with van der Waals surface area (Å²) in [4.78, 5) is 24.2. The molecule has 1 aliphatic carbocycles. The number of nitrogens with one attached hydrogen (secondary N) is 1. The number of halogens is 1. The highest BCUT2D eigenvalue weighted by Gasteiger charge is 2.31. The Morgan fingerprint density at radius 2 is 1.97 bits per heavy atom. The van der Waals surface area contributed by atoms with Gasteiger partial charge in [0, 0.05) is 18.0 Å². The quantitative estimate of drug-likeness (QED) is 0.382. The number of benzene rings is 1. The van der Waals surface area contributed by atoms with Crippen molar-refractivity contribution in [2.45, 2.75) is 44.4 Å². The van der Waals surface area contributed by atoms with Crippen molar-refractivity contribution in [2.75, 3.05) is 37.8 Å². The number of ether oxygens (including phenoxy) is 2. The van der Waals surface area contributed by atoms with Crippen LogP contribution in [0.15, 0.2) is 12.1 Å². The van der Waals surface area contributed by atoms with Crippen LogP contribution in [0.2, 0.25) is 5.02 Å². The molecule has 3 amide bonds. The SMILES string of the molecule is O=C1CN(CCCCCS(=O)(=O)C[C@@H]2CCOc3c2ccc(Cl)c3OCC2CC2)C(=O)N1. The van der Waals surface area contributed by atoms with Gasteiger partial charge in [0.25, 0.3) is 0 Å². The molecule has 8 nitrogen and oxygen atoms in total. The van der Waals surface area contributed by atoms with Gasteiger partial charge in [-0.2, -0.15) is 0 Å². The van der Waals surface area contributed by atoms with Crippen LogP contribution < -0.4 is 14.8 Å². The maximum absolute atomic E-state index is 12.8. The average Bonchev–Trinajstić information content (AvgIpc) is 3.50. The predicted octanol–water partition coefficient (Wildman–Crippen LogP) is 3.13. The normalized spacial score (nSPS) is 20.7. The van der Waals surface area contributed by atoms with Crippen LogP contribution in [0, 0.1) is 5.92 Å². The summed E-state index contributed by atoms with van der Waals surface area (Å²) >= 11 is 6.34. The van der Waals surface area contributed by atoms with E-state index in [0.29, 0.717) is 67.9 Å². The molecule has 3 aliphatic rings. The lowest BCUT2D eigenvalue weighted by atomic mass is 9.94. The number of imide groups is 1. The van der Waals surface area contributed by atoms with Gasteiger partial charge in [-0.25, -0.2) is 13.2 Å². The molecule has 0 bridgehead atoms. The van der Waals surface area contributed by atoms with Crippen molar-refractivity contribution >= 4 is 33.4 Å². The van der Waals surface area contributed by atoms with Crippen molar-refractivity contribution in [1.82, 2.24) is 10.2 Å². The van der Waals surface area contributed by atoms with Gasteiger partial charge in [0.2, 0.25) is 5.91 Å². The largest absolute Gasteiger partial charge is 0.489 e. The second-order valence-electron chi connectivity index (χ2n) is 8.83. The van der Waals surface area contributed by atoms with Crippen molar-refractivity contribution in [1.29, 1.82) is 0 Å². The molecule has 0 unspecified atom stereocenters. The van der Waals surface area contributed by atoms with Gasteiger partial charge in [0.15, 0.2) is 21.3 Å². The average molecular weight is 485 g/mol. The fraction of sp³-hybridized carbons (Fsp3) is 0.636. The Balaban J connectivity index is 1.29. The van der Waals surface area contributed by atoms with E-state index in [2.05, 4.69) is 5.32 Å². The molecule has 0 aromatic heterocycles. The number of fused-ring (bicyclic) bond motifs is 1. The van der Waals surface area contributed by atoms with E-state index in [1.807, 2.05) is 6.07 Å². The van der Waals surface area contributed by atoms with Gasteiger partial charge in [0.05, 0.1) is 29.7 Å². The van der Waals surface area contributed by atoms with E-state index in [1.165, 1.54) is 4.90 Å². The maximum atomic E-state index is 12.8. The number of hydrogen-bond donors (Lipinski definition) is 1. The van der Waals surface area contributed by atoms with Crippen LogP contribution >= 0.6 is 11.6 Å². The third-order valence-electron chi connectivity index (χ3n) is 6.11. The van der Waals surface area contributed by atoms with Gasteiger partial charge in [-0.05, 0) is 44.1 Å². The highest BCUT2D eigenvalue weighted by Crippen LogP contribution is 2.45.